The van der Waals surface area contributed by atoms with Crippen LogP contribution in [0, 0.1) is 0 Å². The van der Waals surface area contributed by atoms with E-state index in [1.54, 1.807) is 18.4 Å². The van der Waals surface area contributed by atoms with E-state index in [4.69, 9.17) is 9.72 Å². The molecule has 1 rings (SSSR count). The molecule has 4 heteroatoms. The van der Waals surface area contributed by atoms with Gasteiger partial charge < -0.3 is 10.1 Å². The standard InChI is InChI=1S/C14H26N2OS/c1-6-9-15-11(4)12-10-18-13(16-12)14(7-2,8-3)17-5/h10-11,15H,6-9H2,1-5H3. The molecule has 1 unspecified atom stereocenters. The number of rotatable bonds is 8. The zero-order chi connectivity index (χ0) is 13.6. The molecule has 104 valence electrons. The average molecular weight is 270 g/mol. The van der Waals surface area contributed by atoms with Crippen molar-refractivity contribution in [3.8, 4) is 0 Å². The quantitative estimate of drug-likeness (QED) is 0.778. The summed E-state index contributed by atoms with van der Waals surface area (Å²) in [5.41, 5.74) is 0.930. The molecular formula is C14H26N2OS. The number of nitrogens with one attached hydrogen (secondary N) is 1. The van der Waals surface area contributed by atoms with Gasteiger partial charge in [0.05, 0.1) is 5.69 Å². The Morgan fingerprint density at radius 1 is 1.39 bits per heavy atom. The van der Waals surface area contributed by atoms with Crippen LogP contribution in [0.4, 0.5) is 0 Å². The molecule has 1 N–H and O–H groups in total. The minimum atomic E-state index is -0.201. The van der Waals surface area contributed by atoms with E-state index < -0.39 is 0 Å². The van der Waals surface area contributed by atoms with Gasteiger partial charge in [-0.15, -0.1) is 11.3 Å². The Hall–Kier alpha value is -0.450. The smallest absolute Gasteiger partial charge is 0.125 e. The maximum absolute atomic E-state index is 5.72. The first-order valence-corrected chi connectivity index (χ1v) is 7.75. The third kappa shape index (κ3) is 3.31. The zero-order valence-corrected chi connectivity index (χ0v) is 13.1. The summed E-state index contributed by atoms with van der Waals surface area (Å²) in [4.78, 5) is 4.78. The predicted molar refractivity (Wildman–Crippen MR) is 78.1 cm³/mol. The number of hydrogen-bond acceptors (Lipinski definition) is 4. The zero-order valence-electron chi connectivity index (χ0n) is 12.2. The van der Waals surface area contributed by atoms with Gasteiger partial charge in [-0.3, -0.25) is 0 Å². The third-order valence-electron chi connectivity index (χ3n) is 3.59. The van der Waals surface area contributed by atoms with Crippen LogP contribution in [-0.2, 0) is 10.3 Å². The van der Waals surface area contributed by atoms with Crippen LogP contribution in [0.5, 0.6) is 0 Å². The van der Waals surface area contributed by atoms with Gasteiger partial charge in [0, 0.05) is 18.5 Å². The number of thiazole rings is 1. The van der Waals surface area contributed by atoms with Gasteiger partial charge in [-0.1, -0.05) is 20.8 Å². The highest BCUT2D eigenvalue weighted by molar-refractivity contribution is 7.09. The summed E-state index contributed by atoms with van der Waals surface area (Å²) < 4.78 is 5.72. The van der Waals surface area contributed by atoms with Gasteiger partial charge in [-0.25, -0.2) is 4.98 Å². The normalized spacial score (nSPS) is 13.8. The highest BCUT2D eigenvalue weighted by Gasteiger charge is 2.31. The van der Waals surface area contributed by atoms with E-state index in [2.05, 4.69) is 38.4 Å². The molecule has 1 heterocycles. The first kappa shape index (κ1) is 15.6. The van der Waals surface area contributed by atoms with Crippen molar-refractivity contribution in [2.75, 3.05) is 13.7 Å². The lowest BCUT2D eigenvalue weighted by atomic mass is 9.98. The fourth-order valence-corrected chi connectivity index (χ4v) is 3.32. The highest BCUT2D eigenvalue weighted by Crippen LogP contribution is 2.35. The summed E-state index contributed by atoms with van der Waals surface area (Å²) in [5, 5.41) is 6.73. The number of hydrogen-bond donors (Lipinski definition) is 1. The molecular weight excluding hydrogens is 244 g/mol. The summed E-state index contributed by atoms with van der Waals surface area (Å²) in [5.74, 6) is 0. The number of aromatic nitrogens is 1. The van der Waals surface area contributed by atoms with Crippen molar-refractivity contribution in [2.24, 2.45) is 0 Å². The van der Waals surface area contributed by atoms with Crippen molar-refractivity contribution in [2.45, 2.75) is 58.6 Å². The van der Waals surface area contributed by atoms with Gasteiger partial charge in [-0.2, -0.15) is 0 Å². The minimum absolute atomic E-state index is 0.201. The first-order chi connectivity index (χ1) is 8.63. The van der Waals surface area contributed by atoms with E-state index in [0.717, 1.165) is 36.5 Å². The van der Waals surface area contributed by atoms with Crippen LogP contribution in [0.3, 0.4) is 0 Å². The molecule has 0 aliphatic rings. The fraction of sp³-hybridized carbons (Fsp3) is 0.786. The number of ether oxygens (including phenoxy) is 1. The SMILES string of the molecule is CCCNC(C)c1csc(C(CC)(CC)OC)n1. The molecule has 0 radical (unpaired) electrons. The molecule has 18 heavy (non-hydrogen) atoms. The van der Waals surface area contributed by atoms with Crippen molar-refractivity contribution in [3.63, 3.8) is 0 Å². The van der Waals surface area contributed by atoms with Gasteiger partial charge in [0.15, 0.2) is 0 Å². The van der Waals surface area contributed by atoms with Gasteiger partial charge in [0.25, 0.3) is 0 Å². The first-order valence-electron chi connectivity index (χ1n) is 6.87. The summed E-state index contributed by atoms with van der Waals surface area (Å²) in [7, 11) is 1.78. The van der Waals surface area contributed by atoms with Crippen LogP contribution in [-0.4, -0.2) is 18.6 Å². The van der Waals surface area contributed by atoms with Gasteiger partial charge in [0.2, 0.25) is 0 Å². The number of methoxy groups -OCH3 is 1. The molecule has 0 bridgehead atoms. The van der Waals surface area contributed by atoms with Crippen molar-refractivity contribution in [1.29, 1.82) is 0 Å². The van der Waals surface area contributed by atoms with Crippen molar-refractivity contribution in [3.05, 3.63) is 16.1 Å². The predicted octanol–water partition coefficient (Wildman–Crippen LogP) is 3.87. The Kier molecular flexibility index (Phi) is 6.26. The molecule has 0 fully saturated rings. The van der Waals surface area contributed by atoms with Gasteiger partial charge >= 0.3 is 0 Å². The molecule has 0 amide bonds. The van der Waals surface area contributed by atoms with Crippen molar-refractivity contribution in [1.82, 2.24) is 10.3 Å². The summed E-state index contributed by atoms with van der Waals surface area (Å²) in [6.45, 7) is 9.70. The molecule has 0 saturated heterocycles. The third-order valence-corrected chi connectivity index (χ3v) is 4.63. The average Bonchev–Trinajstić information content (AvgIpc) is 2.89. The largest absolute Gasteiger partial charge is 0.371 e. The lowest BCUT2D eigenvalue weighted by Gasteiger charge is -2.27. The molecule has 0 aliphatic carbocycles. The monoisotopic (exact) mass is 270 g/mol. The molecule has 0 aliphatic heterocycles. The van der Waals surface area contributed by atoms with Crippen molar-refractivity contribution >= 4 is 11.3 Å². The van der Waals surface area contributed by atoms with Crippen LogP contribution in [0.2, 0.25) is 0 Å². The maximum Gasteiger partial charge on any atom is 0.125 e. The van der Waals surface area contributed by atoms with Crippen LogP contribution in [0.25, 0.3) is 0 Å². The second kappa shape index (κ2) is 7.22. The van der Waals surface area contributed by atoms with Crippen LogP contribution >= 0.6 is 11.3 Å². The van der Waals surface area contributed by atoms with Gasteiger partial charge in [0.1, 0.15) is 10.6 Å². The Labute approximate surface area is 115 Å². The maximum atomic E-state index is 5.72. The Balaban J connectivity index is 2.84. The number of nitrogens with zero attached hydrogens (tertiary/aromatic N) is 1. The van der Waals surface area contributed by atoms with E-state index >= 15 is 0 Å². The molecule has 0 saturated carbocycles. The molecule has 1 aromatic rings. The molecule has 1 atom stereocenters. The van der Waals surface area contributed by atoms with Gasteiger partial charge in [-0.05, 0) is 32.7 Å². The second-order valence-electron chi connectivity index (χ2n) is 4.66. The van der Waals surface area contributed by atoms with E-state index in [-0.39, 0.29) is 5.60 Å². The summed E-state index contributed by atoms with van der Waals surface area (Å²) in [6, 6.07) is 0.318. The second-order valence-corrected chi connectivity index (χ2v) is 5.52. The van der Waals surface area contributed by atoms with E-state index in [0.29, 0.717) is 6.04 Å². The van der Waals surface area contributed by atoms with Crippen molar-refractivity contribution < 1.29 is 4.74 Å². The minimum Gasteiger partial charge on any atom is -0.371 e. The van der Waals surface area contributed by atoms with E-state index in [1.165, 1.54) is 0 Å². The van der Waals surface area contributed by atoms with E-state index in [9.17, 15) is 0 Å². The Morgan fingerprint density at radius 3 is 2.56 bits per heavy atom. The fourth-order valence-electron chi connectivity index (χ4n) is 2.09. The summed E-state index contributed by atoms with van der Waals surface area (Å²) in [6.07, 6.45) is 3.07. The molecule has 1 aromatic heterocycles. The molecule has 3 nitrogen and oxygen atoms in total. The molecule has 0 spiro atoms. The van der Waals surface area contributed by atoms with Crippen LogP contribution in [0.1, 0.15) is 63.7 Å². The Morgan fingerprint density at radius 2 is 2.06 bits per heavy atom. The summed E-state index contributed by atoms with van der Waals surface area (Å²) >= 11 is 1.72. The topological polar surface area (TPSA) is 34.1 Å². The lowest BCUT2D eigenvalue weighted by Crippen LogP contribution is -2.27. The lowest BCUT2D eigenvalue weighted by molar-refractivity contribution is -0.0220. The van der Waals surface area contributed by atoms with E-state index in [1.807, 2.05) is 0 Å². The van der Waals surface area contributed by atoms with Crippen LogP contribution < -0.4 is 5.32 Å². The highest BCUT2D eigenvalue weighted by atomic mass is 32.1. The molecule has 0 aromatic carbocycles. The Bertz CT molecular complexity index is 339. The van der Waals surface area contributed by atoms with Crippen LogP contribution in [0.15, 0.2) is 5.38 Å².